The molecule has 1 saturated heterocycles. The first-order valence-corrected chi connectivity index (χ1v) is 8.78. The molecule has 0 saturated carbocycles. The average molecular weight is 363 g/mol. The first-order valence-electron chi connectivity index (χ1n) is 8.78. The lowest BCUT2D eigenvalue weighted by molar-refractivity contribution is -0.861. The van der Waals surface area contributed by atoms with Crippen LogP contribution >= 0.6 is 0 Å². The fourth-order valence-electron chi connectivity index (χ4n) is 3.86. The van der Waals surface area contributed by atoms with Gasteiger partial charge in [-0.15, -0.1) is 0 Å². The van der Waals surface area contributed by atoms with Crippen molar-refractivity contribution in [1.82, 2.24) is 0 Å². The molecule has 4 rings (SSSR count). The van der Waals surface area contributed by atoms with E-state index in [1.54, 1.807) is 13.2 Å². The molecule has 8 heteroatoms. The SMILES string of the molecule is C[C@H]1COc2c(N3CC[N+](C)([O-])CC3)c(F)cc3c2N1C=C(C(=O)O)C3. The van der Waals surface area contributed by atoms with Crippen molar-refractivity contribution in [2.45, 2.75) is 19.4 Å². The summed E-state index contributed by atoms with van der Waals surface area (Å²) in [7, 11) is 1.63. The molecule has 7 nitrogen and oxygen atoms in total. The summed E-state index contributed by atoms with van der Waals surface area (Å²) in [6.07, 6.45) is 1.79. The molecule has 0 radical (unpaired) electrons. The Labute approximate surface area is 151 Å². The van der Waals surface area contributed by atoms with Gasteiger partial charge in [-0.25, -0.2) is 9.18 Å². The lowest BCUT2D eigenvalue weighted by Crippen LogP contribution is -2.54. The maximum Gasteiger partial charge on any atom is 0.333 e. The Morgan fingerprint density at radius 2 is 2.08 bits per heavy atom. The number of carboxylic acids is 1. The third-order valence-corrected chi connectivity index (χ3v) is 5.42. The standard InChI is InChI=1S/C18H22FN3O4/c1-11-10-26-17-15-12(7-13(18(23)24)9-21(11)15)8-14(19)16(17)20-3-5-22(2,25)6-4-20/h8-9,11H,3-7,10H2,1-2H3,(H,23,24)/t11-/m0/s1. The van der Waals surface area contributed by atoms with Crippen molar-refractivity contribution in [3.63, 3.8) is 0 Å². The summed E-state index contributed by atoms with van der Waals surface area (Å²) >= 11 is 0. The van der Waals surface area contributed by atoms with Crippen LogP contribution in [0.5, 0.6) is 5.75 Å². The van der Waals surface area contributed by atoms with E-state index < -0.39 is 11.8 Å². The summed E-state index contributed by atoms with van der Waals surface area (Å²) in [6.45, 7) is 3.97. The van der Waals surface area contributed by atoms with Crippen LogP contribution in [0.4, 0.5) is 15.8 Å². The van der Waals surface area contributed by atoms with Crippen LogP contribution < -0.4 is 14.5 Å². The monoisotopic (exact) mass is 363 g/mol. The van der Waals surface area contributed by atoms with Gasteiger partial charge in [-0.05, 0) is 18.6 Å². The van der Waals surface area contributed by atoms with Gasteiger partial charge >= 0.3 is 5.97 Å². The zero-order valence-corrected chi connectivity index (χ0v) is 14.9. The third-order valence-electron chi connectivity index (χ3n) is 5.42. The lowest BCUT2D eigenvalue weighted by Gasteiger charge is -2.47. The van der Waals surface area contributed by atoms with Crippen LogP contribution in [0.15, 0.2) is 17.8 Å². The minimum absolute atomic E-state index is 0.0443. The first kappa shape index (κ1) is 17.1. The number of nitrogens with zero attached hydrogens (tertiary/aromatic N) is 3. The van der Waals surface area contributed by atoms with Crippen LogP contribution in [0, 0.1) is 11.0 Å². The Morgan fingerprint density at radius 3 is 2.73 bits per heavy atom. The van der Waals surface area contributed by atoms with Crippen molar-refractivity contribution >= 4 is 17.3 Å². The molecular formula is C18H22FN3O4. The van der Waals surface area contributed by atoms with E-state index in [1.807, 2.05) is 16.7 Å². The maximum atomic E-state index is 15.0. The molecule has 0 bridgehead atoms. The third kappa shape index (κ3) is 2.69. The minimum Gasteiger partial charge on any atom is -0.633 e. The van der Waals surface area contributed by atoms with Gasteiger partial charge in [-0.1, -0.05) is 0 Å². The maximum absolute atomic E-state index is 15.0. The summed E-state index contributed by atoms with van der Waals surface area (Å²) in [5, 5.41) is 21.5. The van der Waals surface area contributed by atoms with Gasteiger partial charge in [0.1, 0.15) is 12.3 Å². The summed E-state index contributed by atoms with van der Waals surface area (Å²) in [5.74, 6) is -0.966. The predicted octanol–water partition coefficient (Wildman–Crippen LogP) is 1.70. The Hall–Kier alpha value is -2.32. The number of likely N-dealkylation sites (N-methyl/N-ethyl adjacent to an activating group) is 1. The van der Waals surface area contributed by atoms with E-state index >= 15 is 0 Å². The van der Waals surface area contributed by atoms with Crippen LogP contribution in [-0.2, 0) is 11.2 Å². The van der Waals surface area contributed by atoms with Crippen molar-refractivity contribution in [1.29, 1.82) is 0 Å². The molecule has 1 atom stereocenters. The number of carbonyl (C=O) groups is 1. The zero-order chi connectivity index (χ0) is 18.6. The van der Waals surface area contributed by atoms with Crippen molar-refractivity contribution in [3.8, 4) is 5.75 Å². The highest BCUT2D eigenvalue weighted by molar-refractivity contribution is 5.91. The van der Waals surface area contributed by atoms with E-state index in [-0.39, 0.29) is 22.7 Å². The van der Waals surface area contributed by atoms with E-state index in [0.717, 1.165) is 5.69 Å². The van der Waals surface area contributed by atoms with Gasteiger partial charge in [0.05, 0.1) is 50.5 Å². The molecule has 1 aromatic rings. The molecule has 0 aromatic heterocycles. The molecule has 1 aromatic carbocycles. The number of aliphatic carboxylic acids is 1. The second-order valence-corrected chi connectivity index (χ2v) is 7.48. The Balaban J connectivity index is 1.79. The molecule has 140 valence electrons. The molecule has 0 amide bonds. The summed E-state index contributed by atoms with van der Waals surface area (Å²) in [6, 6.07) is 1.37. The van der Waals surface area contributed by atoms with Gasteiger partial charge in [-0.3, -0.25) is 0 Å². The fraction of sp³-hybridized carbons (Fsp3) is 0.500. The van der Waals surface area contributed by atoms with Crippen molar-refractivity contribution in [2.24, 2.45) is 0 Å². The van der Waals surface area contributed by atoms with Crippen LogP contribution in [0.2, 0.25) is 0 Å². The molecule has 1 N–H and O–H groups in total. The highest BCUT2D eigenvalue weighted by Gasteiger charge is 2.37. The smallest absolute Gasteiger partial charge is 0.333 e. The van der Waals surface area contributed by atoms with Crippen LogP contribution in [0.1, 0.15) is 12.5 Å². The molecule has 26 heavy (non-hydrogen) atoms. The highest BCUT2D eigenvalue weighted by Crippen LogP contribution is 2.48. The number of ether oxygens (including phenoxy) is 1. The second kappa shape index (κ2) is 5.85. The molecule has 3 aliphatic heterocycles. The molecule has 3 aliphatic rings. The highest BCUT2D eigenvalue weighted by atomic mass is 19.1. The largest absolute Gasteiger partial charge is 0.633 e. The molecule has 0 unspecified atom stereocenters. The normalized spacial score (nSPS) is 23.8. The van der Waals surface area contributed by atoms with Gasteiger partial charge < -0.3 is 29.5 Å². The Morgan fingerprint density at radius 1 is 1.38 bits per heavy atom. The summed E-state index contributed by atoms with van der Waals surface area (Å²) in [4.78, 5) is 15.2. The van der Waals surface area contributed by atoms with E-state index in [4.69, 9.17) is 4.74 Å². The number of hydroxylamine groups is 3. The number of quaternary nitrogens is 1. The fourth-order valence-corrected chi connectivity index (χ4v) is 3.86. The summed E-state index contributed by atoms with van der Waals surface area (Å²) in [5.41, 5.74) is 1.98. The number of carboxylic acid groups (broad SMARTS) is 1. The molecule has 0 aliphatic carbocycles. The number of hydrogen-bond acceptors (Lipinski definition) is 5. The first-order chi connectivity index (χ1) is 12.3. The van der Waals surface area contributed by atoms with Crippen molar-refractivity contribution < 1.29 is 23.7 Å². The number of benzene rings is 1. The summed E-state index contributed by atoms with van der Waals surface area (Å²) < 4.78 is 20.6. The van der Waals surface area contributed by atoms with Crippen LogP contribution in [0.3, 0.4) is 0 Å². The minimum atomic E-state index is -0.996. The quantitative estimate of drug-likeness (QED) is 0.637. The zero-order valence-electron chi connectivity index (χ0n) is 14.9. The van der Waals surface area contributed by atoms with Crippen molar-refractivity contribution in [3.05, 3.63) is 34.4 Å². The van der Waals surface area contributed by atoms with Crippen LogP contribution in [-0.4, -0.2) is 61.6 Å². The Kier molecular flexibility index (Phi) is 3.85. The topological polar surface area (TPSA) is 76.1 Å². The van der Waals surface area contributed by atoms with Gasteiger partial charge in [0.2, 0.25) is 0 Å². The van der Waals surface area contributed by atoms with Gasteiger partial charge in [0.25, 0.3) is 0 Å². The molecule has 3 heterocycles. The van der Waals surface area contributed by atoms with Gasteiger partial charge in [0, 0.05) is 12.6 Å². The van der Waals surface area contributed by atoms with Crippen LogP contribution in [0.25, 0.3) is 0 Å². The molecular weight excluding hydrogens is 341 g/mol. The van der Waals surface area contributed by atoms with E-state index in [2.05, 4.69) is 0 Å². The Bertz CT molecular complexity index is 798. The number of anilines is 2. The number of rotatable bonds is 2. The lowest BCUT2D eigenvalue weighted by atomic mass is 9.95. The number of halogens is 1. The van der Waals surface area contributed by atoms with E-state index in [9.17, 15) is 19.5 Å². The van der Waals surface area contributed by atoms with E-state index in [1.165, 1.54) is 6.07 Å². The van der Waals surface area contributed by atoms with E-state index in [0.29, 0.717) is 49.8 Å². The molecule has 1 fully saturated rings. The number of piperazine rings is 1. The molecule has 0 spiro atoms. The van der Waals surface area contributed by atoms with Gasteiger partial charge in [-0.2, -0.15) is 0 Å². The number of hydrogen-bond donors (Lipinski definition) is 1. The second-order valence-electron chi connectivity index (χ2n) is 7.48. The predicted molar refractivity (Wildman–Crippen MR) is 94.8 cm³/mol. The average Bonchev–Trinajstić information content (AvgIpc) is 2.58. The van der Waals surface area contributed by atoms with Gasteiger partial charge in [0.15, 0.2) is 11.6 Å². The van der Waals surface area contributed by atoms with Crippen molar-refractivity contribution in [2.75, 3.05) is 49.6 Å².